The van der Waals surface area contributed by atoms with Crippen molar-refractivity contribution in [1.29, 1.82) is 0 Å². The van der Waals surface area contributed by atoms with Gasteiger partial charge in [0.2, 0.25) is 0 Å². The molecule has 27 heavy (non-hydrogen) atoms. The third-order valence-electron chi connectivity index (χ3n) is 5.16. The van der Waals surface area contributed by atoms with Gasteiger partial charge in [0.25, 0.3) is 0 Å². The first-order chi connectivity index (χ1) is 13.1. The molecule has 5 heteroatoms. The number of hydrogen-bond donors (Lipinski definition) is 0. The van der Waals surface area contributed by atoms with Gasteiger partial charge in [-0.05, 0) is 75.0 Å². The second-order valence-corrected chi connectivity index (χ2v) is 7.05. The van der Waals surface area contributed by atoms with Crippen molar-refractivity contribution in [2.24, 2.45) is 0 Å². The van der Waals surface area contributed by atoms with Gasteiger partial charge in [0, 0.05) is 6.04 Å². The molecule has 3 nitrogen and oxygen atoms in total. The minimum atomic E-state index is -2.80. The molecular weight excluding hydrogens is 348 g/mol. The Morgan fingerprint density at radius 3 is 2.74 bits per heavy atom. The van der Waals surface area contributed by atoms with E-state index < -0.39 is 6.61 Å². The van der Waals surface area contributed by atoms with Crippen LogP contribution in [-0.2, 0) is 12.8 Å². The molecule has 1 unspecified atom stereocenters. The van der Waals surface area contributed by atoms with Crippen molar-refractivity contribution in [2.45, 2.75) is 44.8 Å². The van der Waals surface area contributed by atoms with E-state index in [4.69, 9.17) is 4.74 Å². The van der Waals surface area contributed by atoms with Gasteiger partial charge in [0.1, 0.15) is 11.5 Å². The summed E-state index contributed by atoms with van der Waals surface area (Å²) in [5.41, 5.74) is 2.10. The highest BCUT2D eigenvalue weighted by Crippen LogP contribution is 2.23. The number of benzene rings is 2. The van der Waals surface area contributed by atoms with Gasteiger partial charge in [-0.25, -0.2) is 0 Å². The molecule has 1 saturated heterocycles. The summed E-state index contributed by atoms with van der Waals surface area (Å²) in [4.78, 5) is 2.41. The van der Waals surface area contributed by atoms with Gasteiger partial charge < -0.3 is 14.4 Å². The normalized spacial score (nSPS) is 17.4. The van der Waals surface area contributed by atoms with Crippen LogP contribution >= 0.6 is 0 Å². The van der Waals surface area contributed by atoms with Crippen molar-refractivity contribution in [3.05, 3.63) is 59.7 Å². The SMILES string of the molecule is CN1CCCC1CCOc1ccccc1CCc1cccc(OC(F)F)c1. The highest BCUT2D eigenvalue weighted by Gasteiger charge is 2.20. The molecule has 1 aliphatic rings. The van der Waals surface area contributed by atoms with Crippen LogP contribution in [-0.4, -0.2) is 37.8 Å². The Hall–Kier alpha value is -2.14. The van der Waals surface area contributed by atoms with Crippen molar-refractivity contribution < 1.29 is 18.3 Å². The minimum absolute atomic E-state index is 0.202. The van der Waals surface area contributed by atoms with Crippen molar-refractivity contribution in [3.8, 4) is 11.5 Å². The maximum atomic E-state index is 12.4. The smallest absolute Gasteiger partial charge is 0.387 e. The molecule has 1 atom stereocenters. The molecule has 0 aliphatic carbocycles. The lowest BCUT2D eigenvalue weighted by atomic mass is 10.0. The van der Waals surface area contributed by atoms with Crippen LogP contribution in [0.25, 0.3) is 0 Å². The first-order valence-electron chi connectivity index (χ1n) is 9.56. The van der Waals surface area contributed by atoms with Crippen LogP contribution in [0, 0.1) is 0 Å². The van der Waals surface area contributed by atoms with E-state index in [1.165, 1.54) is 19.4 Å². The molecule has 0 spiro atoms. The van der Waals surface area contributed by atoms with Crippen LogP contribution in [0.15, 0.2) is 48.5 Å². The molecule has 2 aromatic carbocycles. The fraction of sp³-hybridized carbons (Fsp3) is 0.455. The molecule has 0 radical (unpaired) electrons. The van der Waals surface area contributed by atoms with E-state index in [1.807, 2.05) is 24.3 Å². The van der Waals surface area contributed by atoms with Crippen LogP contribution in [0.2, 0.25) is 0 Å². The molecule has 0 aromatic heterocycles. The van der Waals surface area contributed by atoms with Crippen molar-refractivity contribution in [3.63, 3.8) is 0 Å². The standard InChI is InChI=1S/C22H27F2NO2/c1-25-14-5-8-19(25)13-15-26-21-10-3-2-7-18(21)12-11-17-6-4-9-20(16-17)27-22(23)24/h2-4,6-7,9-10,16,19,22H,5,8,11-15H2,1H3. The quantitative estimate of drug-likeness (QED) is 0.620. The predicted molar refractivity (Wildman–Crippen MR) is 103 cm³/mol. The molecular formula is C22H27F2NO2. The molecule has 1 heterocycles. The van der Waals surface area contributed by atoms with Crippen LogP contribution in [0.1, 0.15) is 30.4 Å². The lowest BCUT2D eigenvalue weighted by Crippen LogP contribution is -2.26. The van der Waals surface area contributed by atoms with Crippen LogP contribution in [0.4, 0.5) is 8.78 Å². The van der Waals surface area contributed by atoms with Crippen LogP contribution in [0.5, 0.6) is 11.5 Å². The summed E-state index contributed by atoms with van der Waals surface area (Å²) in [6.45, 7) is -0.910. The Labute approximate surface area is 159 Å². The Balaban J connectivity index is 1.54. The van der Waals surface area contributed by atoms with Crippen LogP contribution in [0.3, 0.4) is 0 Å². The van der Waals surface area contributed by atoms with E-state index in [0.29, 0.717) is 12.6 Å². The topological polar surface area (TPSA) is 21.7 Å². The van der Waals surface area contributed by atoms with Gasteiger partial charge in [0.05, 0.1) is 6.61 Å². The number of aryl methyl sites for hydroxylation is 2. The number of halogens is 2. The van der Waals surface area contributed by atoms with Gasteiger partial charge in [0.15, 0.2) is 0 Å². The van der Waals surface area contributed by atoms with Gasteiger partial charge in [-0.3, -0.25) is 0 Å². The highest BCUT2D eigenvalue weighted by molar-refractivity contribution is 5.35. The van der Waals surface area contributed by atoms with Gasteiger partial charge >= 0.3 is 6.61 Å². The number of para-hydroxylation sites is 1. The number of alkyl halides is 2. The highest BCUT2D eigenvalue weighted by atomic mass is 19.3. The number of hydrogen-bond acceptors (Lipinski definition) is 3. The number of likely N-dealkylation sites (tertiary alicyclic amines) is 1. The van der Waals surface area contributed by atoms with Crippen molar-refractivity contribution >= 4 is 0 Å². The first-order valence-corrected chi connectivity index (χ1v) is 9.56. The summed E-state index contributed by atoms with van der Waals surface area (Å²) in [6, 6.07) is 15.6. The lowest BCUT2D eigenvalue weighted by molar-refractivity contribution is -0.0498. The zero-order valence-electron chi connectivity index (χ0n) is 15.7. The summed E-state index contributed by atoms with van der Waals surface area (Å²) in [5.74, 6) is 1.12. The fourth-order valence-corrected chi connectivity index (χ4v) is 3.66. The second kappa shape index (κ2) is 9.70. The number of ether oxygens (including phenoxy) is 2. The summed E-state index contributed by atoms with van der Waals surface area (Å²) in [5, 5.41) is 0. The first kappa shape index (κ1) is 19.6. The molecule has 0 N–H and O–H groups in total. The third-order valence-corrected chi connectivity index (χ3v) is 5.16. The Kier molecular flexibility index (Phi) is 7.04. The molecule has 1 fully saturated rings. The maximum absolute atomic E-state index is 12.4. The molecule has 146 valence electrons. The van der Waals surface area contributed by atoms with Gasteiger partial charge in [-0.1, -0.05) is 30.3 Å². The monoisotopic (exact) mass is 375 g/mol. The van der Waals surface area contributed by atoms with Gasteiger partial charge in [-0.2, -0.15) is 8.78 Å². The Morgan fingerprint density at radius 2 is 1.96 bits per heavy atom. The average molecular weight is 375 g/mol. The minimum Gasteiger partial charge on any atom is -0.493 e. The predicted octanol–water partition coefficient (Wildman–Crippen LogP) is 4.94. The summed E-state index contributed by atoms with van der Waals surface area (Å²) >= 11 is 0. The van der Waals surface area contributed by atoms with E-state index in [1.54, 1.807) is 18.2 Å². The van der Waals surface area contributed by atoms with E-state index >= 15 is 0 Å². The number of nitrogens with zero attached hydrogens (tertiary/aromatic N) is 1. The Morgan fingerprint density at radius 1 is 1.11 bits per heavy atom. The van der Waals surface area contributed by atoms with E-state index in [2.05, 4.69) is 22.8 Å². The largest absolute Gasteiger partial charge is 0.493 e. The van der Waals surface area contributed by atoms with Crippen LogP contribution < -0.4 is 9.47 Å². The molecule has 0 saturated carbocycles. The van der Waals surface area contributed by atoms with E-state index in [-0.39, 0.29) is 5.75 Å². The van der Waals surface area contributed by atoms with Crippen molar-refractivity contribution in [1.82, 2.24) is 4.90 Å². The summed E-state index contributed by atoms with van der Waals surface area (Å²) in [6.07, 6.45) is 5.09. The molecule has 3 rings (SSSR count). The second-order valence-electron chi connectivity index (χ2n) is 7.05. The molecule has 1 aliphatic heterocycles. The number of rotatable bonds is 9. The third kappa shape index (κ3) is 5.93. The lowest BCUT2D eigenvalue weighted by Gasteiger charge is -2.20. The molecule has 0 amide bonds. The van der Waals surface area contributed by atoms with E-state index in [0.717, 1.165) is 36.1 Å². The zero-order valence-corrected chi connectivity index (χ0v) is 15.7. The fourth-order valence-electron chi connectivity index (χ4n) is 3.66. The Bertz CT molecular complexity index is 723. The molecule has 0 bridgehead atoms. The van der Waals surface area contributed by atoms with Gasteiger partial charge in [-0.15, -0.1) is 0 Å². The average Bonchev–Trinajstić information content (AvgIpc) is 3.06. The van der Waals surface area contributed by atoms with Crippen molar-refractivity contribution in [2.75, 3.05) is 20.2 Å². The van der Waals surface area contributed by atoms with E-state index in [9.17, 15) is 8.78 Å². The zero-order chi connectivity index (χ0) is 19.1. The molecule has 2 aromatic rings. The summed E-state index contributed by atoms with van der Waals surface area (Å²) in [7, 11) is 2.18. The summed E-state index contributed by atoms with van der Waals surface area (Å²) < 4.78 is 35.3. The maximum Gasteiger partial charge on any atom is 0.387 e.